The minimum atomic E-state index is -0.367. The number of hydrogen-bond acceptors (Lipinski definition) is 4. The minimum Gasteiger partial charge on any atom is -0.422 e. The topological polar surface area (TPSA) is 82.2 Å². The summed E-state index contributed by atoms with van der Waals surface area (Å²) in [5.74, 6) is 0. The predicted octanol–water partition coefficient (Wildman–Crippen LogP) is 5.84. The minimum absolute atomic E-state index is 0.367. The number of nitrogens with zero attached hydrogens (tertiary/aromatic N) is 3. The van der Waals surface area contributed by atoms with Gasteiger partial charge in [-0.2, -0.15) is 10.5 Å². The average molecular weight is 409 g/mol. The van der Waals surface area contributed by atoms with Crippen molar-refractivity contribution in [1.29, 1.82) is 10.5 Å². The third-order valence-electron chi connectivity index (χ3n) is 6.40. The van der Waals surface area contributed by atoms with Crippen molar-refractivity contribution < 1.29 is 4.42 Å². The van der Waals surface area contributed by atoms with Crippen molar-refractivity contribution in [2.75, 3.05) is 0 Å². The molecule has 5 heteroatoms. The van der Waals surface area contributed by atoms with Crippen molar-refractivity contribution in [3.05, 3.63) is 88.3 Å². The quantitative estimate of drug-likeness (QED) is 0.233. The first kappa shape index (κ1) is 16.9. The summed E-state index contributed by atoms with van der Waals surface area (Å²) in [6.45, 7) is 0. The Morgan fingerprint density at radius 2 is 1.34 bits per heavy atom. The number of fused-ring (bicyclic) bond motifs is 10. The maximum absolute atomic E-state index is 12.7. The molecule has 7 rings (SSSR count). The Bertz CT molecular complexity index is 2080. The first-order valence-corrected chi connectivity index (χ1v) is 10.1. The molecule has 3 heterocycles. The van der Waals surface area contributed by atoms with E-state index in [1.165, 1.54) is 0 Å². The summed E-state index contributed by atoms with van der Waals surface area (Å²) in [4.78, 5) is 12.7. The third-order valence-corrected chi connectivity index (χ3v) is 6.40. The largest absolute Gasteiger partial charge is 0.422 e. The molecule has 5 nitrogen and oxygen atoms in total. The van der Waals surface area contributed by atoms with E-state index in [1.807, 2.05) is 48.5 Å². The van der Waals surface area contributed by atoms with Crippen LogP contribution in [0.25, 0.3) is 59.8 Å². The predicted molar refractivity (Wildman–Crippen MR) is 124 cm³/mol. The fourth-order valence-electron chi connectivity index (χ4n) is 5.11. The molecule has 0 N–H and O–H groups in total. The highest BCUT2D eigenvalue weighted by atomic mass is 16.4. The van der Waals surface area contributed by atoms with E-state index in [1.54, 1.807) is 18.2 Å². The van der Waals surface area contributed by atoms with Gasteiger partial charge in [-0.15, -0.1) is 0 Å². The second-order valence-electron chi connectivity index (χ2n) is 7.98. The third kappa shape index (κ3) is 1.88. The Balaban J connectivity index is 1.91. The maximum atomic E-state index is 12.7. The summed E-state index contributed by atoms with van der Waals surface area (Å²) in [5.41, 5.74) is 4.04. The van der Waals surface area contributed by atoms with Crippen LogP contribution >= 0.6 is 0 Å². The van der Waals surface area contributed by atoms with Gasteiger partial charge in [0.2, 0.25) is 0 Å². The molecular formula is C27H11N3O2. The van der Waals surface area contributed by atoms with E-state index in [9.17, 15) is 15.3 Å². The van der Waals surface area contributed by atoms with Crippen LogP contribution < -0.4 is 5.63 Å². The molecule has 4 aromatic carbocycles. The van der Waals surface area contributed by atoms with Gasteiger partial charge in [0.1, 0.15) is 5.58 Å². The molecule has 146 valence electrons. The molecule has 0 atom stereocenters. The van der Waals surface area contributed by atoms with E-state index in [0.29, 0.717) is 22.1 Å². The molecular weight excluding hydrogens is 398 g/mol. The highest BCUT2D eigenvalue weighted by Gasteiger charge is 2.23. The molecule has 0 unspecified atom stereocenters. The van der Waals surface area contributed by atoms with Crippen LogP contribution in [-0.2, 0) is 0 Å². The molecule has 0 aliphatic heterocycles. The second-order valence-corrected chi connectivity index (χ2v) is 7.98. The highest BCUT2D eigenvalue weighted by molar-refractivity contribution is 6.34. The van der Waals surface area contributed by atoms with Crippen molar-refractivity contribution in [3.8, 4) is 12.1 Å². The second kappa shape index (κ2) is 5.63. The van der Waals surface area contributed by atoms with E-state index in [4.69, 9.17) is 4.42 Å². The van der Waals surface area contributed by atoms with Gasteiger partial charge in [-0.05, 0) is 36.4 Å². The normalized spacial score (nSPS) is 11.8. The lowest BCUT2D eigenvalue weighted by Gasteiger charge is -2.05. The van der Waals surface area contributed by atoms with Crippen LogP contribution in [0.5, 0.6) is 0 Å². The van der Waals surface area contributed by atoms with Crippen LogP contribution in [0.4, 0.5) is 0 Å². The van der Waals surface area contributed by atoms with Gasteiger partial charge in [0.25, 0.3) is 0 Å². The van der Waals surface area contributed by atoms with Gasteiger partial charge < -0.3 is 8.82 Å². The summed E-state index contributed by atoms with van der Waals surface area (Å²) in [7, 11) is 0. The van der Waals surface area contributed by atoms with Gasteiger partial charge in [-0.1, -0.05) is 30.3 Å². The summed E-state index contributed by atoms with van der Waals surface area (Å²) in [5, 5.41) is 25.1. The smallest absolute Gasteiger partial charge is 0.344 e. The average Bonchev–Trinajstić information content (AvgIpc) is 3.34. The lowest BCUT2D eigenvalue weighted by Crippen LogP contribution is -1.99. The van der Waals surface area contributed by atoms with Gasteiger partial charge in [0.15, 0.2) is 0 Å². The summed E-state index contributed by atoms with van der Waals surface area (Å²) < 4.78 is 7.92. The molecule has 0 fully saturated rings. The van der Waals surface area contributed by atoms with Crippen molar-refractivity contribution in [3.63, 3.8) is 0 Å². The van der Waals surface area contributed by atoms with Crippen LogP contribution in [0, 0.1) is 22.7 Å². The summed E-state index contributed by atoms with van der Waals surface area (Å²) in [6, 6.07) is 25.1. The molecule has 0 aliphatic carbocycles. The van der Waals surface area contributed by atoms with E-state index >= 15 is 0 Å². The van der Waals surface area contributed by atoms with Crippen molar-refractivity contribution >= 4 is 59.8 Å². The van der Waals surface area contributed by atoms with Gasteiger partial charge in [-0.3, -0.25) is 0 Å². The van der Waals surface area contributed by atoms with Gasteiger partial charge in [-0.25, -0.2) is 4.79 Å². The fourth-order valence-corrected chi connectivity index (χ4v) is 5.11. The Morgan fingerprint density at radius 1 is 0.688 bits per heavy atom. The Kier molecular flexibility index (Phi) is 2.97. The Hall–Kier alpha value is -4.87. The van der Waals surface area contributed by atoms with E-state index in [2.05, 4.69) is 16.5 Å². The van der Waals surface area contributed by atoms with Crippen molar-refractivity contribution in [1.82, 2.24) is 4.40 Å². The maximum Gasteiger partial charge on any atom is 0.344 e. The highest BCUT2D eigenvalue weighted by Crippen LogP contribution is 2.44. The fraction of sp³-hybridized carbons (Fsp3) is 0. The van der Waals surface area contributed by atoms with Crippen molar-refractivity contribution in [2.24, 2.45) is 0 Å². The molecule has 3 aromatic heterocycles. The Labute approximate surface area is 179 Å². The molecule has 32 heavy (non-hydrogen) atoms. The number of nitriles is 2. The first-order chi connectivity index (χ1) is 15.7. The number of hydrogen-bond donors (Lipinski definition) is 0. The number of rotatable bonds is 0. The molecule has 0 bridgehead atoms. The first-order valence-electron chi connectivity index (χ1n) is 10.1. The zero-order valence-corrected chi connectivity index (χ0v) is 16.5. The lowest BCUT2D eigenvalue weighted by molar-refractivity contribution is 0.570. The van der Waals surface area contributed by atoms with Gasteiger partial charge in [0, 0.05) is 32.3 Å². The molecule has 0 radical (unpaired) electrons. The van der Waals surface area contributed by atoms with E-state index < -0.39 is 0 Å². The molecule has 0 amide bonds. The number of benzene rings is 4. The van der Waals surface area contributed by atoms with Crippen molar-refractivity contribution in [2.45, 2.75) is 0 Å². The van der Waals surface area contributed by atoms with Crippen LogP contribution in [0.1, 0.15) is 11.1 Å². The molecule has 0 aliphatic rings. The lowest BCUT2D eigenvalue weighted by atomic mass is 9.99. The molecule has 0 saturated heterocycles. The van der Waals surface area contributed by atoms with Crippen LogP contribution in [-0.4, -0.2) is 4.40 Å². The van der Waals surface area contributed by atoms with E-state index in [0.717, 1.165) is 48.9 Å². The standard InChI is InChI=1S/C27H11N3O2/c28-12-14-5-7-16-20-11-23-24(17-3-1-2-4-18(17)27(31)32-23)25-19-8-6-15(13-29)10-22(19)30(26(20)25)21(16)9-14/h1-11H. The zero-order chi connectivity index (χ0) is 21.6. The zero-order valence-electron chi connectivity index (χ0n) is 16.5. The van der Waals surface area contributed by atoms with Crippen LogP contribution in [0.3, 0.4) is 0 Å². The monoisotopic (exact) mass is 409 g/mol. The van der Waals surface area contributed by atoms with Crippen LogP contribution in [0.15, 0.2) is 75.9 Å². The molecule has 0 saturated carbocycles. The summed E-state index contributed by atoms with van der Waals surface area (Å²) >= 11 is 0. The van der Waals surface area contributed by atoms with Gasteiger partial charge >= 0.3 is 5.63 Å². The van der Waals surface area contributed by atoms with Crippen LogP contribution in [0.2, 0.25) is 0 Å². The molecule has 0 spiro atoms. The Morgan fingerprint density at radius 3 is 2.06 bits per heavy atom. The SMILES string of the molecule is N#Cc1ccc2c3cc4oc(=O)c5ccccc5c4c4c5ccc(C#N)cc5n(c2c1)c34. The van der Waals surface area contributed by atoms with E-state index in [-0.39, 0.29) is 5.63 Å². The molecule has 7 aromatic rings. The summed E-state index contributed by atoms with van der Waals surface area (Å²) in [6.07, 6.45) is 0. The number of aromatic nitrogens is 1. The van der Waals surface area contributed by atoms with Gasteiger partial charge in [0.05, 0.1) is 45.2 Å².